The second-order valence-electron chi connectivity index (χ2n) is 3.28. The minimum Gasteiger partial charge on any atom is -0.163 e. The van der Waals surface area contributed by atoms with Gasteiger partial charge < -0.3 is 0 Å². The molecule has 0 aromatic carbocycles. The lowest BCUT2D eigenvalue weighted by atomic mass is 10.9. The zero-order valence-corrected chi connectivity index (χ0v) is 7.55. The van der Waals surface area contributed by atoms with E-state index in [1.165, 1.54) is 11.5 Å². The van der Waals surface area contributed by atoms with E-state index >= 15 is 0 Å². The highest BCUT2D eigenvalue weighted by atomic mass is 32.2. The van der Waals surface area contributed by atoms with Gasteiger partial charge in [0.05, 0.1) is 0 Å². The van der Waals surface area contributed by atoms with Crippen molar-refractivity contribution < 1.29 is 0 Å². The fourth-order valence-electron chi connectivity index (χ4n) is 0.924. The SMILES string of the molecule is C[Si]1(C)CCSCC1. The van der Waals surface area contributed by atoms with Gasteiger partial charge >= 0.3 is 0 Å². The van der Waals surface area contributed by atoms with Crippen LogP contribution in [0.3, 0.4) is 0 Å². The first kappa shape index (κ1) is 6.68. The van der Waals surface area contributed by atoms with Gasteiger partial charge in [-0.15, -0.1) is 0 Å². The Bertz CT molecular complexity index is 72.6. The van der Waals surface area contributed by atoms with E-state index in [9.17, 15) is 0 Å². The maximum Gasteiger partial charge on any atom is 0.0489 e. The van der Waals surface area contributed by atoms with Crippen molar-refractivity contribution >= 4 is 19.8 Å². The molecule has 0 saturated carbocycles. The predicted molar refractivity (Wildman–Crippen MR) is 44.4 cm³/mol. The van der Waals surface area contributed by atoms with Gasteiger partial charge in [-0.2, -0.15) is 11.8 Å². The molecule has 0 aromatic heterocycles. The van der Waals surface area contributed by atoms with Crippen LogP contribution in [0.2, 0.25) is 25.2 Å². The van der Waals surface area contributed by atoms with Crippen molar-refractivity contribution in [3.63, 3.8) is 0 Å². The van der Waals surface area contributed by atoms with E-state index in [2.05, 4.69) is 24.9 Å². The maximum absolute atomic E-state index is 2.51. The molecule has 0 spiro atoms. The number of rotatable bonds is 0. The molecule has 8 heavy (non-hydrogen) atoms. The molecule has 1 rings (SSSR count). The van der Waals surface area contributed by atoms with Gasteiger partial charge in [-0.3, -0.25) is 0 Å². The van der Waals surface area contributed by atoms with Crippen LogP contribution in [0.1, 0.15) is 0 Å². The van der Waals surface area contributed by atoms with Gasteiger partial charge in [-0.25, -0.2) is 0 Å². The summed E-state index contributed by atoms with van der Waals surface area (Å²) in [6.07, 6.45) is 0. The molecule has 1 fully saturated rings. The third kappa shape index (κ3) is 1.82. The Kier molecular flexibility index (Phi) is 2.04. The van der Waals surface area contributed by atoms with E-state index in [4.69, 9.17) is 0 Å². The quantitative estimate of drug-likeness (QED) is 0.473. The summed E-state index contributed by atoms with van der Waals surface area (Å²) in [6, 6.07) is 3.11. The van der Waals surface area contributed by atoms with Crippen molar-refractivity contribution in [3.8, 4) is 0 Å². The predicted octanol–water partition coefficient (Wildman–Crippen LogP) is 2.44. The molecule has 0 aromatic rings. The Morgan fingerprint density at radius 2 is 1.62 bits per heavy atom. The standard InChI is InChI=1S/C6H14SSi/c1-8(2)5-3-7-4-6-8/h3-6H2,1-2H3. The summed E-state index contributed by atoms with van der Waals surface area (Å²) in [7, 11) is -0.611. The zero-order chi connectivity index (χ0) is 6.04. The van der Waals surface area contributed by atoms with Gasteiger partial charge in [0.25, 0.3) is 0 Å². The van der Waals surface area contributed by atoms with Crippen LogP contribution in [0.25, 0.3) is 0 Å². The highest BCUT2D eigenvalue weighted by Gasteiger charge is 2.22. The van der Waals surface area contributed by atoms with E-state index in [0.29, 0.717) is 0 Å². The first-order chi connectivity index (χ1) is 3.71. The van der Waals surface area contributed by atoms with Crippen LogP contribution in [-0.2, 0) is 0 Å². The van der Waals surface area contributed by atoms with Crippen molar-refractivity contribution in [2.24, 2.45) is 0 Å². The van der Waals surface area contributed by atoms with E-state index in [1.54, 1.807) is 12.1 Å². The van der Waals surface area contributed by atoms with Gasteiger partial charge in [-0.05, 0) is 23.6 Å². The summed E-state index contributed by atoms with van der Waals surface area (Å²) in [5.74, 6) is 2.89. The third-order valence-corrected chi connectivity index (χ3v) is 6.76. The molecule has 0 unspecified atom stereocenters. The van der Waals surface area contributed by atoms with E-state index < -0.39 is 8.07 Å². The molecule has 1 aliphatic rings. The van der Waals surface area contributed by atoms with Crippen LogP contribution in [0.5, 0.6) is 0 Å². The average Bonchev–Trinajstić information content (AvgIpc) is 1.65. The highest BCUT2D eigenvalue weighted by molar-refractivity contribution is 7.99. The largest absolute Gasteiger partial charge is 0.163 e. The molecular formula is C6H14SSi. The average molecular weight is 146 g/mol. The van der Waals surface area contributed by atoms with E-state index in [1.807, 2.05) is 0 Å². The van der Waals surface area contributed by atoms with Crippen LogP contribution in [-0.4, -0.2) is 19.6 Å². The van der Waals surface area contributed by atoms with Gasteiger partial charge in [-0.1, -0.05) is 13.1 Å². The van der Waals surface area contributed by atoms with Crippen molar-refractivity contribution in [1.29, 1.82) is 0 Å². The molecule has 0 radical (unpaired) electrons. The minimum atomic E-state index is -0.611. The van der Waals surface area contributed by atoms with Crippen molar-refractivity contribution in [2.75, 3.05) is 11.5 Å². The molecule has 2 heteroatoms. The van der Waals surface area contributed by atoms with Gasteiger partial charge in [0.15, 0.2) is 0 Å². The van der Waals surface area contributed by atoms with Crippen molar-refractivity contribution in [1.82, 2.24) is 0 Å². The number of hydrogen-bond donors (Lipinski definition) is 0. The van der Waals surface area contributed by atoms with Crippen LogP contribution >= 0.6 is 11.8 Å². The van der Waals surface area contributed by atoms with Gasteiger partial charge in [0.1, 0.15) is 0 Å². The molecule has 0 aliphatic carbocycles. The molecule has 1 saturated heterocycles. The monoisotopic (exact) mass is 146 g/mol. The molecule has 0 bridgehead atoms. The molecule has 1 aliphatic heterocycles. The summed E-state index contributed by atoms with van der Waals surface area (Å²) in [5.41, 5.74) is 0. The molecule has 1 heterocycles. The van der Waals surface area contributed by atoms with Crippen LogP contribution in [0.15, 0.2) is 0 Å². The minimum absolute atomic E-state index is 0.611. The number of thioether (sulfide) groups is 1. The maximum atomic E-state index is 2.51. The third-order valence-electron chi connectivity index (χ3n) is 1.85. The summed E-state index contributed by atoms with van der Waals surface area (Å²) < 4.78 is 0. The Labute approximate surface area is 57.1 Å². The normalized spacial score (nSPS) is 27.8. The molecule has 0 nitrogen and oxygen atoms in total. The Hall–Kier alpha value is 0.567. The van der Waals surface area contributed by atoms with Crippen LogP contribution in [0.4, 0.5) is 0 Å². The second kappa shape index (κ2) is 2.44. The topological polar surface area (TPSA) is 0 Å². The molecule has 48 valence electrons. The second-order valence-corrected chi connectivity index (χ2v) is 9.83. The molecular weight excluding hydrogens is 132 g/mol. The van der Waals surface area contributed by atoms with Gasteiger partial charge in [0.2, 0.25) is 0 Å². The zero-order valence-electron chi connectivity index (χ0n) is 5.74. The summed E-state index contributed by atoms with van der Waals surface area (Å²) in [5, 5.41) is 0. The Balaban J connectivity index is 2.33. The summed E-state index contributed by atoms with van der Waals surface area (Å²) in [4.78, 5) is 0. The molecule has 0 N–H and O–H groups in total. The van der Waals surface area contributed by atoms with Crippen LogP contribution in [0, 0.1) is 0 Å². The lowest BCUT2D eigenvalue weighted by Gasteiger charge is -2.26. The first-order valence-electron chi connectivity index (χ1n) is 3.28. The Morgan fingerprint density at radius 1 is 1.12 bits per heavy atom. The van der Waals surface area contributed by atoms with Crippen molar-refractivity contribution in [3.05, 3.63) is 0 Å². The van der Waals surface area contributed by atoms with E-state index in [-0.39, 0.29) is 0 Å². The summed E-state index contributed by atoms with van der Waals surface area (Å²) >= 11 is 2.13. The summed E-state index contributed by atoms with van der Waals surface area (Å²) in [6.45, 7) is 5.01. The van der Waals surface area contributed by atoms with Crippen LogP contribution < -0.4 is 0 Å². The molecule has 0 atom stereocenters. The fourth-order valence-corrected chi connectivity index (χ4v) is 6.95. The lowest BCUT2D eigenvalue weighted by molar-refractivity contribution is 1.23. The van der Waals surface area contributed by atoms with Gasteiger partial charge in [0, 0.05) is 8.07 Å². The van der Waals surface area contributed by atoms with Crippen molar-refractivity contribution in [2.45, 2.75) is 25.2 Å². The smallest absolute Gasteiger partial charge is 0.0489 e. The van der Waals surface area contributed by atoms with E-state index in [0.717, 1.165) is 0 Å². The lowest BCUT2D eigenvalue weighted by Crippen LogP contribution is -2.29. The number of hydrogen-bond acceptors (Lipinski definition) is 1. The first-order valence-corrected chi connectivity index (χ1v) is 7.85. The Morgan fingerprint density at radius 3 is 1.88 bits per heavy atom. The fraction of sp³-hybridized carbons (Fsp3) is 1.00. The highest BCUT2D eigenvalue weighted by Crippen LogP contribution is 2.26. The molecule has 0 amide bonds.